The van der Waals surface area contributed by atoms with Crippen molar-refractivity contribution in [2.45, 2.75) is 12.6 Å². The van der Waals surface area contributed by atoms with Crippen LogP contribution in [-0.2, 0) is 11.4 Å². The number of ether oxygens (including phenoxy) is 1. The van der Waals surface area contributed by atoms with Crippen molar-refractivity contribution in [3.63, 3.8) is 0 Å². The van der Waals surface area contributed by atoms with E-state index in [1.165, 1.54) is 0 Å². The molecule has 2 N–H and O–H groups in total. The van der Waals surface area contributed by atoms with Crippen LogP contribution in [0.3, 0.4) is 0 Å². The zero-order valence-corrected chi connectivity index (χ0v) is 9.95. The third kappa shape index (κ3) is 3.18. The Bertz CT molecular complexity index is 494. The van der Waals surface area contributed by atoms with Crippen LogP contribution < -0.4 is 10.5 Å². The predicted molar refractivity (Wildman–Crippen MR) is 70.2 cm³/mol. The third-order valence-corrected chi connectivity index (χ3v) is 2.66. The fourth-order valence-corrected chi connectivity index (χ4v) is 1.61. The van der Waals surface area contributed by atoms with Gasteiger partial charge in [-0.15, -0.1) is 0 Å². The van der Waals surface area contributed by atoms with Crippen molar-refractivity contribution in [1.29, 1.82) is 0 Å². The van der Waals surface area contributed by atoms with Crippen molar-refractivity contribution in [3.05, 3.63) is 65.7 Å². The van der Waals surface area contributed by atoms with Gasteiger partial charge in [0.25, 0.3) is 0 Å². The second-order valence-electron chi connectivity index (χ2n) is 4.01. The summed E-state index contributed by atoms with van der Waals surface area (Å²) in [7, 11) is 0. The van der Waals surface area contributed by atoms with Crippen LogP contribution >= 0.6 is 0 Å². The highest BCUT2D eigenvalue weighted by molar-refractivity contribution is 5.61. The van der Waals surface area contributed by atoms with E-state index in [0.29, 0.717) is 6.61 Å². The van der Waals surface area contributed by atoms with Gasteiger partial charge in [0.15, 0.2) is 0 Å². The molecule has 3 nitrogen and oxygen atoms in total. The minimum Gasteiger partial charge on any atom is -0.489 e. The summed E-state index contributed by atoms with van der Waals surface area (Å²) in [6, 6.07) is 16.6. The van der Waals surface area contributed by atoms with Crippen molar-refractivity contribution in [3.8, 4) is 5.75 Å². The van der Waals surface area contributed by atoms with E-state index in [9.17, 15) is 4.79 Å². The Morgan fingerprint density at radius 2 is 1.72 bits per heavy atom. The van der Waals surface area contributed by atoms with Gasteiger partial charge >= 0.3 is 0 Å². The first-order chi connectivity index (χ1) is 8.79. The van der Waals surface area contributed by atoms with Gasteiger partial charge in [0, 0.05) is 0 Å². The lowest BCUT2D eigenvalue weighted by atomic mass is 10.1. The summed E-state index contributed by atoms with van der Waals surface area (Å²) < 4.78 is 5.63. The molecule has 0 aliphatic heterocycles. The Hall–Kier alpha value is -2.13. The van der Waals surface area contributed by atoms with Crippen LogP contribution in [0.5, 0.6) is 5.75 Å². The molecule has 0 amide bonds. The molecular formula is C15H15NO2. The normalized spacial score (nSPS) is 11.8. The molecule has 0 fully saturated rings. The Morgan fingerprint density at radius 3 is 2.33 bits per heavy atom. The fraction of sp³-hybridized carbons (Fsp3) is 0.133. The highest BCUT2D eigenvalue weighted by Crippen LogP contribution is 2.16. The molecule has 1 atom stereocenters. The Morgan fingerprint density at radius 1 is 1.06 bits per heavy atom. The van der Waals surface area contributed by atoms with E-state index in [2.05, 4.69) is 0 Å². The molecule has 0 saturated carbocycles. The van der Waals surface area contributed by atoms with Crippen LogP contribution in [0.1, 0.15) is 17.2 Å². The monoisotopic (exact) mass is 241 g/mol. The molecule has 1 unspecified atom stereocenters. The summed E-state index contributed by atoms with van der Waals surface area (Å²) in [5.74, 6) is 0.765. The lowest BCUT2D eigenvalue weighted by Crippen LogP contribution is -2.10. The van der Waals surface area contributed by atoms with Crippen molar-refractivity contribution in [2.24, 2.45) is 5.73 Å². The van der Waals surface area contributed by atoms with Gasteiger partial charge in [-0.3, -0.25) is 0 Å². The Balaban J connectivity index is 1.96. The smallest absolute Gasteiger partial charge is 0.141 e. The zero-order valence-electron chi connectivity index (χ0n) is 9.95. The predicted octanol–water partition coefficient (Wildman–Crippen LogP) is 2.46. The molecule has 0 heterocycles. The summed E-state index contributed by atoms with van der Waals surface area (Å²) in [6.07, 6.45) is 0.722. The van der Waals surface area contributed by atoms with Crippen LogP contribution in [0.2, 0.25) is 0 Å². The number of nitrogens with two attached hydrogens (primary N) is 1. The van der Waals surface area contributed by atoms with Crippen LogP contribution in [0.15, 0.2) is 54.6 Å². The molecule has 0 spiro atoms. The number of carbonyl (C=O) groups excluding carboxylic acids is 1. The van der Waals surface area contributed by atoms with Gasteiger partial charge in [-0.25, -0.2) is 0 Å². The fourth-order valence-electron chi connectivity index (χ4n) is 1.61. The maximum atomic E-state index is 10.5. The first-order valence-electron chi connectivity index (χ1n) is 5.77. The molecule has 0 radical (unpaired) electrons. The van der Waals surface area contributed by atoms with Crippen molar-refractivity contribution >= 4 is 6.29 Å². The molecule has 0 saturated heterocycles. The molecule has 2 aromatic carbocycles. The van der Waals surface area contributed by atoms with E-state index >= 15 is 0 Å². The Kier molecular flexibility index (Phi) is 4.10. The summed E-state index contributed by atoms with van der Waals surface area (Å²) in [5.41, 5.74) is 7.51. The molecule has 0 bridgehead atoms. The number of carbonyl (C=O) groups is 1. The quantitative estimate of drug-likeness (QED) is 0.818. The largest absolute Gasteiger partial charge is 0.489 e. The van der Waals surface area contributed by atoms with Gasteiger partial charge in [0.05, 0.1) is 6.04 Å². The highest BCUT2D eigenvalue weighted by atomic mass is 16.5. The van der Waals surface area contributed by atoms with Gasteiger partial charge in [-0.05, 0) is 23.3 Å². The second kappa shape index (κ2) is 5.98. The summed E-state index contributed by atoms with van der Waals surface area (Å²) in [6.45, 7) is 0.528. The maximum Gasteiger partial charge on any atom is 0.141 e. The standard InChI is InChI=1S/C15H15NO2/c16-15(10-17)13-6-8-14(9-7-13)18-11-12-4-2-1-3-5-12/h1-10,15H,11,16H2. The summed E-state index contributed by atoms with van der Waals surface area (Å²) in [4.78, 5) is 10.5. The highest BCUT2D eigenvalue weighted by Gasteiger charge is 2.03. The number of rotatable bonds is 5. The van der Waals surface area contributed by atoms with Crippen LogP contribution in [0, 0.1) is 0 Å². The maximum absolute atomic E-state index is 10.5. The topological polar surface area (TPSA) is 52.3 Å². The van der Waals surface area contributed by atoms with E-state index in [-0.39, 0.29) is 0 Å². The lowest BCUT2D eigenvalue weighted by molar-refractivity contribution is -0.109. The molecule has 2 rings (SSSR count). The second-order valence-corrected chi connectivity index (χ2v) is 4.01. The SMILES string of the molecule is NC(C=O)c1ccc(OCc2ccccc2)cc1. The molecule has 3 heteroatoms. The minimum absolute atomic E-state index is 0.528. The lowest BCUT2D eigenvalue weighted by Gasteiger charge is -2.08. The van der Waals surface area contributed by atoms with Crippen molar-refractivity contribution in [2.75, 3.05) is 0 Å². The van der Waals surface area contributed by atoms with Gasteiger partial charge in [0.2, 0.25) is 0 Å². The first kappa shape index (κ1) is 12.3. The van der Waals surface area contributed by atoms with E-state index in [4.69, 9.17) is 10.5 Å². The number of aldehydes is 1. The van der Waals surface area contributed by atoms with Crippen molar-refractivity contribution < 1.29 is 9.53 Å². The van der Waals surface area contributed by atoms with E-state index in [1.54, 1.807) is 12.1 Å². The minimum atomic E-state index is -0.562. The first-order valence-corrected chi connectivity index (χ1v) is 5.77. The van der Waals surface area contributed by atoms with Gasteiger partial charge in [-0.2, -0.15) is 0 Å². The van der Waals surface area contributed by atoms with Crippen LogP contribution in [-0.4, -0.2) is 6.29 Å². The van der Waals surface area contributed by atoms with Crippen LogP contribution in [0.4, 0.5) is 0 Å². The molecule has 0 aliphatic rings. The van der Waals surface area contributed by atoms with Gasteiger partial charge < -0.3 is 15.3 Å². The van der Waals surface area contributed by atoms with Crippen LogP contribution in [0.25, 0.3) is 0 Å². The number of hydrogen-bond acceptors (Lipinski definition) is 3. The molecular weight excluding hydrogens is 226 g/mol. The molecule has 18 heavy (non-hydrogen) atoms. The van der Waals surface area contributed by atoms with E-state index in [0.717, 1.165) is 23.2 Å². The number of hydrogen-bond donors (Lipinski definition) is 1. The average molecular weight is 241 g/mol. The molecule has 2 aromatic rings. The number of benzene rings is 2. The van der Waals surface area contributed by atoms with E-state index < -0.39 is 6.04 Å². The molecule has 92 valence electrons. The zero-order chi connectivity index (χ0) is 12.8. The third-order valence-electron chi connectivity index (χ3n) is 2.66. The van der Waals surface area contributed by atoms with Gasteiger partial charge in [0.1, 0.15) is 18.6 Å². The summed E-state index contributed by atoms with van der Waals surface area (Å²) >= 11 is 0. The summed E-state index contributed by atoms with van der Waals surface area (Å²) in [5, 5.41) is 0. The van der Waals surface area contributed by atoms with E-state index in [1.807, 2.05) is 42.5 Å². The Labute approximate surface area is 106 Å². The average Bonchev–Trinajstić information content (AvgIpc) is 2.46. The van der Waals surface area contributed by atoms with Gasteiger partial charge in [-0.1, -0.05) is 42.5 Å². The molecule has 0 aliphatic carbocycles. The molecule has 0 aromatic heterocycles. The van der Waals surface area contributed by atoms with Crippen molar-refractivity contribution in [1.82, 2.24) is 0 Å².